The molecule has 0 saturated heterocycles. The van der Waals surface area contributed by atoms with Crippen molar-refractivity contribution in [2.45, 2.75) is 104 Å². The van der Waals surface area contributed by atoms with Crippen LogP contribution in [0.4, 0.5) is 9.59 Å². The van der Waals surface area contributed by atoms with Gasteiger partial charge in [0.15, 0.2) is 5.78 Å². The number of hydrogen-bond acceptors (Lipinski definition) is 9. The zero-order valence-electron chi connectivity index (χ0n) is 23.8. The summed E-state index contributed by atoms with van der Waals surface area (Å²) in [5, 5.41) is 18.8. The average molecular weight is 582 g/mol. The van der Waals surface area contributed by atoms with Crippen LogP contribution in [0.1, 0.15) is 88.2 Å². The molecule has 39 heavy (non-hydrogen) atoms. The fraction of sp³-hybridized carbons (Fsp3) is 0.667. The molecule has 2 aromatic rings. The summed E-state index contributed by atoms with van der Waals surface area (Å²) in [5.74, 6) is 0.166. The van der Waals surface area contributed by atoms with E-state index < -0.39 is 24.3 Å². The van der Waals surface area contributed by atoms with E-state index in [1.54, 1.807) is 30.1 Å². The fourth-order valence-corrected chi connectivity index (χ4v) is 5.36. The van der Waals surface area contributed by atoms with E-state index in [1.165, 1.54) is 23.2 Å². The Kier molecular flexibility index (Phi) is 13.8. The molecule has 0 aliphatic heterocycles. The van der Waals surface area contributed by atoms with Crippen molar-refractivity contribution in [1.82, 2.24) is 25.5 Å². The molecule has 2 heterocycles. The van der Waals surface area contributed by atoms with Gasteiger partial charge in [0.2, 0.25) is 0 Å². The van der Waals surface area contributed by atoms with E-state index in [9.17, 15) is 19.5 Å². The number of carbonyl (C=O) groups excluding carboxylic acids is 3. The van der Waals surface area contributed by atoms with Crippen molar-refractivity contribution in [1.29, 1.82) is 0 Å². The van der Waals surface area contributed by atoms with Gasteiger partial charge in [0.05, 0.1) is 33.7 Å². The van der Waals surface area contributed by atoms with Gasteiger partial charge in [-0.1, -0.05) is 34.1 Å². The molecule has 0 aliphatic rings. The van der Waals surface area contributed by atoms with Crippen LogP contribution in [0.15, 0.2) is 17.1 Å². The van der Waals surface area contributed by atoms with Gasteiger partial charge < -0.3 is 25.4 Å². The molecular formula is C27H43N5O5S2. The number of rotatable bonds is 16. The molecule has 10 nitrogen and oxygen atoms in total. The minimum absolute atomic E-state index is 0.0573. The lowest BCUT2D eigenvalue weighted by Crippen LogP contribution is -2.51. The number of hydrogen-bond donors (Lipinski definition) is 3. The van der Waals surface area contributed by atoms with Crippen molar-refractivity contribution >= 4 is 40.6 Å². The van der Waals surface area contributed by atoms with E-state index in [0.29, 0.717) is 18.9 Å². The molecule has 12 heteroatoms. The van der Waals surface area contributed by atoms with Gasteiger partial charge in [-0.3, -0.25) is 9.78 Å². The normalized spacial score (nSPS) is 14.4. The maximum atomic E-state index is 13.1. The molecule has 4 unspecified atom stereocenters. The number of amides is 3. The van der Waals surface area contributed by atoms with Gasteiger partial charge in [-0.15, -0.1) is 22.7 Å². The Morgan fingerprint density at radius 1 is 1.10 bits per heavy atom. The molecule has 0 fully saturated rings. The predicted molar refractivity (Wildman–Crippen MR) is 154 cm³/mol. The van der Waals surface area contributed by atoms with Gasteiger partial charge in [0.25, 0.3) is 0 Å². The lowest BCUT2D eigenvalue weighted by molar-refractivity contribution is -0.124. The Morgan fingerprint density at radius 2 is 1.85 bits per heavy atom. The topological polar surface area (TPSA) is 134 Å². The van der Waals surface area contributed by atoms with Crippen LogP contribution in [0.3, 0.4) is 0 Å². The molecule has 0 saturated carbocycles. The largest absolute Gasteiger partial charge is 0.444 e. The molecule has 0 radical (unpaired) electrons. The minimum Gasteiger partial charge on any atom is -0.444 e. The number of nitrogens with one attached hydrogen (secondary N) is 2. The summed E-state index contributed by atoms with van der Waals surface area (Å²) < 4.78 is 5.27. The zero-order chi connectivity index (χ0) is 28.9. The smallest absolute Gasteiger partial charge is 0.407 e. The number of ketones is 1. The number of aliphatic hydroxyl groups excluding tert-OH is 1. The van der Waals surface area contributed by atoms with E-state index in [4.69, 9.17) is 4.74 Å². The van der Waals surface area contributed by atoms with Crippen molar-refractivity contribution in [2.24, 2.45) is 5.92 Å². The second-order valence-corrected chi connectivity index (χ2v) is 12.0. The number of carbonyl (C=O) groups is 3. The Labute approximate surface area is 239 Å². The van der Waals surface area contributed by atoms with Crippen LogP contribution in [-0.4, -0.2) is 63.1 Å². The highest BCUT2D eigenvalue weighted by Gasteiger charge is 2.29. The Bertz CT molecular complexity index is 1030. The molecule has 0 aliphatic carbocycles. The van der Waals surface area contributed by atoms with Gasteiger partial charge in [-0.05, 0) is 32.1 Å². The fourth-order valence-electron chi connectivity index (χ4n) is 4.02. The molecule has 3 N–H and O–H groups in total. The van der Waals surface area contributed by atoms with Crippen molar-refractivity contribution in [2.75, 3.05) is 7.05 Å². The van der Waals surface area contributed by atoms with Gasteiger partial charge in [-0.2, -0.15) is 0 Å². The first-order chi connectivity index (χ1) is 18.5. The summed E-state index contributed by atoms with van der Waals surface area (Å²) in [6, 6.07) is -1.52. The molecule has 0 aromatic carbocycles. The van der Waals surface area contributed by atoms with Crippen LogP contribution < -0.4 is 10.6 Å². The highest BCUT2D eigenvalue weighted by molar-refractivity contribution is 7.09. The number of nitrogens with zero attached hydrogens (tertiary/aromatic N) is 3. The highest BCUT2D eigenvalue weighted by atomic mass is 32.1. The maximum absolute atomic E-state index is 13.1. The summed E-state index contributed by atoms with van der Waals surface area (Å²) in [7, 11) is 1.64. The van der Waals surface area contributed by atoms with E-state index in [0.717, 1.165) is 34.8 Å². The first-order valence-electron chi connectivity index (χ1n) is 13.5. The SMILES string of the molecule is CCC(CCC(CC)NC(=O)OCc1cncs1)CC(=O)C(NC(=O)N(C)Cc1csc(C(C)C)n1)C(C)O. The summed E-state index contributed by atoms with van der Waals surface area (Å²) in [6.45, 7) is 10.1. The zero-order valence-corrected chi connectivity index (χ0v) is 25.4. The summed E-state index contributed by atoms with van der Waals surface area (Å²) in [6.07, 6.45) is 3.30. The molecular weight excluding hydrogens is 538 g/mol. The van der Waals surface area contributed by atoms with Gasteiger partial charge >= 0.3 is 12.1 Å². The first kappa shape index (κ1) is 32.6. The number of Topliss-reactive ketones (excluding diaryl/α,β-unsaturated/α-hetero) is 1. The second kappa shape index (κ2) is 16.5. The molecule has 2 rings (SSSR count). The summed E-state index contributed by atoms with van der Waals surface area (Å²) in [4.78, 5) is 49.0. The van der Waals surface area contributed by atoms with E-state index in [-0.39, 0.29) is 30.8 Å². The lowest BCUT2D eigenvalue weighted by atomic mass is 9.89. The van der Waals surface area contributed by atoms with Gasteiger partial charge in [-0.25, -0.2) is 14.6 Å². The average Bonchev–Trinajstić information content (AvgIpc) is 3.59. The van der Waals surface area contributed by atoms with Crippen LogP contribution in [0, 0.1) is 5.92 Å². The molecule has 3 amide bonds. The highest BCUT2D eigenvalue weighted by Crippen LogP contribution is 2.21. The molecule has 0 bridgehead atoms. The lowest BCUT2D eigenvalue weighted by Gasteiger charge is -2.26. The second-order valence-electron chi connectivity index (χ2n) is 10.2. The van der Waals surface area contributed by atoms with Crippen molar-refractivity contribution in [3.63, 3.8) is 0 Å². The van der Waals surface area contributed by atoms with Crippen LogP contribution in [0.25, 0.3) is 0 Å². The Balaban J connectivity index is 1.85. The third-order valence-electron chi connectivity index (χ3n) is 6.55. The van der Waals surface area contributed by atoms with E-state index in [2.05, 4.69) is 34.4 Å². The third kappa shape index (κ3) is 11.2. The van der Waals surface area contributed by atoms with E-state index >= 15 is 0 Å². The number of alkyl carbamates (subject to hydrolysis) is 1. The van der Waals surface area contributed by atoms with Gasteiger partial charge in [0, 0.05) is 37.0 Å². The maximum Gasteiger partial charge on any atom is 0.407 e. The monoisotopic (exact) mass is 581 g/mol. The van der Waals surface area contributed by atoms with Crippen LogP contribution >= 0.6 is 22.7 Å². The van der Waals surface area contributed by atoms with Crippen molar-refractivity contribution in [3.05, 3.63) is 32.7 Å². The quantitative estimate of drug-likeness (QED) is 0.252. The number of aliphatic hydroxyl groups is 1. The Morgan fingerprint density at radius 3 is 2.41 bits per heavy atom. The summed E-state index contributed by atoms with van der Waals surface area (Å²) in [5.41, 5.74) is 2.48. The number of ether oxygens (including phenoxy) is 1. The van der Waals surface area contributed by atoms with Crippen LogP contribution in [0.2, 0.25) is 0 Å². The molecule has 4 atom stereocenters. The molecule has 0 spiro atoms. The number of aromatic nitrogens is 2. The predicted octanol–water partition coefficient (Wildman–Crippen LogP) is 5.08. The Hall–Kier alpha value is -2.57. The third-order valence-corrected chi connectivity index (χ3v) is 8.50. The number of thiazole rings is 2. The minimum atomic E-state index is -1.03. The first-order valence-corrected chi connectivity index (χ1v) is 15.3. The molecule has 2 aromatic heterocycles. The van der Waals surface area contributed by atoms with Crippen LogP contribution in [0.5, 0.6) is 0 Å². The standard InChI is InChI=1S/C27H43N5O5S2/c1-7-19(9-10-20(8-2)30-27(36)37-14-22-12-28-16-39-22)11-23(34)24(18(5)33)31-26(35)32(6)13-21-15-38-25(29-21)17(3)4/h12,15-20,24,33H,7-11,13-14H2,1-6H3,(H,30,36)(H,31,35). The van der Waals surface area contributed by atoms with Crippen LogP contribution in [-0.2, 0) is 22.7 Å². The summed E-state index contributed by atoms with van der Waals surface area (Å²) >= 11 is 2.99. The van der Waals surface area contributed by atoms with Crippen molar-refractivity contribution < 1.29 is 24.2 Å². The number of urea groups is 1. The van der Waals surface area contributed by atoms with Gasteiger partial charge in [0.1, 0.15) is 12.6 Å². The van der Waals surface area contributed by atoms with E-state index in [1.807, 2.05) is 19.2 Å². The van der Waals surface area contributed by atoms with Crippen molar-refractivity contribution in [3.8, 4) is 0 Å². The molecule has 218 valence electrons.